The Bertz CT molecular complexity index is 667. The summed E-state index contributed by atoms with van der Waals surface area (Å²) < 4.78 is 0. The molecule has 170 valence electrons. The van der Waals surface area contributed by atoms with Crippen LogP contribution in [0.15, 0.2) is 0 Å². The molecule has 1 saturated heterocycles. The van der Waals surface area contributed by atoms with Crippen molar-refractivity contribution in [2.45, 2.75) is 77.0 Å². The summed E-state index contributed by atoms with van der Waals surface area (Å²) in [6.07, 6.45) is 0.765. The SMILES string of the molecule is CCC(C)C(NC(=O)C(C)N)C(=O)NC(CCC(=O)O)C(=O)N1CCCC1C(=O)O. The van der Waals surface area contributed by atoms with E-state index < -0.39 is 53.8 Å². The molecular weight excluding hydrogens is 396 g/mol. The highest BCUT2D eigenvalue weighted by molar-refractivity contribution is 5.94. The molecule has 11 heteroatoms. The van der Waals surface area contributed by atoms with Crippen LogP contribution in [0.3, 0.4) is 0 Å². The Balaban J connectivity index is 3.04. The topological polar surface area (TPSA) is 179 Å². The van der Waals surface area contributed by atoms with Crippen molar-refractivity contribution in [1.82, 2.24) is 15.5 Å². The van der Waals surface area contributed by atoms with Gasteiger partial charge in [-0.3, -0.25) is 19.2 Å². The van der Waals surface area contributed by atoms with Crippen LogP contribution >= 0.6 is 0 Å². The number of nitrogens with two attached hydrogens (primary N) is 1. The third-order valence-corrected chi connectivity index (χ3v) is 5.29. The van der Waals surface area contributed by atoms with Crippen LogP contribution in [0.1, 0.15) is 52.9 Å². The summed E-state index contributed by atoms with van der Waals surface area (Å²) in [6.45, 7) is 5.27. The summed E-state index contributed by atoms with van der Waals surface area (Å²) >= 11 is 0. The van der Waals surface area contributed by atoms with Crippen molar-refractivity contribution < 1.29 is 34.2 Å². The van der Waals surface area contributed by atoms with Gasteiger partial charge >= 0.3 is 11.9 Å². The summed E-state index contributed by atoms with van der Waals surface area (Å²) in [4.78, 5) is 61.4. The number of carboxylic acids is 2. The molecule has 1 fully saturated rings. The Morgan fingerprint density at radius 2 is 1.73 bits per heavy atom. The molecule has 1 aliphatic heterocycles. The predicted molar refractivity (Wildman–Crippen MR) is 106 cm³/mol. The number of carboxylic acid groups (broad SMARTS) is 2. The van der Waals surface area contributed by atoms with Crippen molar-refractivity contribution in [3.8, 4) is 0 Å². The standard InChI is InChI=1S/C19H32N4O7/c1-4-10(2)15(22-16(26)11(3)20)17(27)21-12(7-8-14(24)25)18(28)23-9-5-6-13(23)19(29)30/h10-13,15H,4-9,20H2,1-3H3,(H,21,27)(H,22,26)(H,24,25)(H,29,30). The van der Waals surface area contributed by atoms with Crippen molar-refractivity contribution in [3.05, 3.63) is 0 Å². The van der Waals surface area contributed by atoms with Crippen LogP contribution in [0.25, 0.3) is 0 Å². The Morgan fingerprint density at radius 1 is 1.10 bits per heavy atom. The zero-order valence-electron chi connectivity index (χ0n) is 17.6. The van der Waals surface area contributed by atoms with E-state index in [1.165, 1.54) is 6.92 Å². The molecule has 0 aromatic heterocycles. The van der Waals surface area contributed by atoms with Gasteiger partial charge < -0.3 is 31.5 Å². The Labute approximate surface area is 175 Å². The summed E-state index contributed by atoms with van der Waals surface area (Å²) in [5.74, 6) is -4.40. The molecule has 0 aliphatic carbocycles. The average molecular weight is 428 g/mol. The van der Waals surface area contributed by atoms with Gasteiger partial charge in [0.05, 0.1) is 6.04 Å². The molecule has 30 heavy (non-hydrogen) atoms. The van der Waals surface area contributed by atoms with E-state index >= 15 is 0 Å². The number of nitrogens with one attached hydrogen (secondary N) is 2. The van der Waals surface area contributed by atoms with E-state index in [9.17, 15) is 29.1 Å². The molecule has 0 bridgehead atoms. The lowest BCUT2D eigenvalue weighted by Gasteiger charge is -2.30. The molecule has 11 nitrogen and oxygen atoms in total. The number of carbonyl (C=O) groups is 5. The minimum Gasteiger partial charge on any atom is -0.481 e. The summed E-state index contributed by atoms with van der Waals surface area (Å²) in [7, 11) is 0. The number of carbonyl (C=O) groups excluding carboxylic acids is 3. The maximum Gasteiger partial charge on any atom is 0.326 e. The highest BCUT2D eigenvalue weighted by Crippen LogP contribution is 2.20. The van der Waals surface area contributed by atoms with Crippen molar-refractivity contribution in [2.75, 3.05) is 6.54 Å². The molecular formula is C19H32N4O7. The Kier molecular flexibility index (Phi) is 9.70. The first-order valence-corrected chi connectivity index (χ1v) is 10.1. The lowest BCUT2D eigenvalue weighted by Crippen LogP contribution is -2.58. The van der Waals surface area contributed by atoms with E-state index in [2.05, 4.69) is 10.6 Å². The quantitative estimate of drug-likeness (QED) is 0.286. The van der Waals surface area contributed by atoms with Gasteiger partial charge in [0.25, 0.3) is 0 Å². The summed E-state index contributed by atoms with van der Waals surface area (Å²) in [6, 6.07) is -4.03. The normalized spacial score (nSPS) is 20.0. The zero-order chi connectivity index (χ0) is 23.0. The van der Waals surface area contributed by atoms with Gasteiger partial charge in [-0.15, -0.1) is 0 Å². The smallest absolute Gasteiger partial charge is 0.326 e. The molecule has 5 atom stereocenters. The Morgan fingerprint density at radius 3 is 2.23 bits per heavy atom. The van der Waals surface area contributed by atoms with E-state index in [0.717, 1.165) is 4.90 Å². The number of aliphatic carboxylic acids is 2. The lowest BCUT2D eigenvalue weighted by atomic mass is 9.97. The molecule has 1 aliphatic rings. The fraction of sp³-hybridized carbons (Fsp3) is 0.737. The van der Waals surface area contributed by atoms with E-state index in [-0.39, 0.29) is 25.3 Å². The molecule has 1 heterocycles. The van der Waals surface area contributed by atoms with E-state index in [0.29, 0.717) is 19.3 Å². The second-order valence-corrected chi connectivity index (χ2v) is 7.68. The largest absolute Gasteiger partial charge is 0.481 e. The molecule has 0 aromatic carbocycles. The van der Waals surface area contributed by atoms with Crippen molar-refractivity contribution in [1.29, 1.82) is 0 Å². The number of rotatable bonds is 11. The number of hydrogen-bond donors (Lipinski definition) is 5. The van der Waals surface area contributed by atoms with Gasteiger partial charge in [-0.05, 0) is 32.1 Å². The molecule has 0 saturated carbocycles. The van der Waals surface area contributed by atoms with E-state index in [1.54, 1.807) is 6.92 Å². The monoisotopic (exact) mass is 428 g/mol. The first-order valence-electron chi connectivity index (χ1n) is 10.1. The van der Waals surface area contributed by atoms with Crippen LogP contribution in [0, 0.1) is 5.92 Å². The van der Waals surface area contributed by atoms with Crippen molar-refractivity contribution in [2.24, 2.45) is 11.7 Å². The van der Waals surface area contributed by atoms with Crippen LogP contribution in [0.5, 0.6) is 0 Å². The molecule has 6 N–H and O–H groups in total. The number of hydrogen-bond acceptors (Lipinski definition) is 6. The highest BCUT2D eigenvalue weighted by Gasteiger charge is 2.38. The number of likely N-dealkylation sites (tertiary alicyclic amines) is 1. The second-order valence-electron chi connectivity index (χ2n) is 7.68. The third-order valence-electron chi connectivity index (χ3n) is 5.29. The minimum absolute atomic E-state index is 0.197. The summed E-state index contributed by atoms with van der Waals surface area (Å²) in [5.41, 5.74) is 5.56. The van der Waals surface area contributed by atoms with Crippen LogP contribution in [0.4, 0.5) is 0 Å². The van der Waals surface area contributed by atoms with Gasteiger partial charge in [-0.1, -0.05) is 20.3 Å². The van der Waals surface area contributed by atoms with Crippen LogP contribution in [-0.2, 0) is 24.0 Å². The van der Waals surface area contributed by atoms with Crippen molar-refractivity contribution in [3.63, 3.8) is 0 Å². The zero-order valence-corrected chi connectivity index (χ0v) is 17.6. The maximum atomic E-state index is 12.9. The van der Waals surface area contributed by atoms with Gasteiger partial charge in [0.2, 0.25) is 17.7 Å². The van der Waals surface area contributed by atoms with Crippen LogP contribution in [-0.4, -0.2) is 75.5 Å². The fourth-order valence-corrected chi connectivity index (χ4v) is 3.26. The Hall–Kier alpha value is -2.69. The van der Waals surface area contributed by atoms with E-state index in [4.69, 9.17) is 10.8 Å². The van der Waals surface area contributed by atoms with Gasteiger partial charge in [0.1, 0.15) is 18.1 Å². The van der Waals surface area contributed by atoms with Gasteiger partial charge in [0, 0.05) is 13.0 Å². The average Bonchev–Trinajstić information content (AvgIpc) is 3.17. The lowest BCUT2D eigenvalue weighted by molar-refractivity contribution is -0.150. The predicted octanol–water partition coefficient (Wildman–Crippen LogP) is -0.710. The number of nitrogens with zero attached hydrogens (tertiary/aromatic N) is 1. The molecule has 0 spiro atoms. The third kappa shape index (κ3) is 6.97. The molecule has 5 unspecified atom stereocenters. The first kappa shape index (κ1) is 25.3. The minimum atomic E-state index is -1.22. The molecule has 0 aromatic rings. The highest BCUT2D eigenvalue weighted by atomic mass is 16.4. The van der Waals surface area contributed by atoms with Gasteiger partial charge in [-0.25, -0.2) is 4.79 Å². The maximum absolute atomic E-state index is 12.9. The van der Waals surface area contributed by atoms with E-state index in [1.807, 2.05) is 6.92 Å². The molecule has 0 radical (unpaired) electrons. The van der Waals surface area contributed by atoms with Gasteiger partial charge in [0.15, 0.2) is 0 Å². The molecule has 1 rings (SSSR count). The first-order chi connectivity index (χ1) is 14.0. The second kappa shape index (κ2) is 11.5. The van der Waals surface area contributed by atoms with Crippen molar-refractivity contribution >= 4 is 29.7 Å². The fourth-order valence-electron chi connectivity index (χ4n) is 3.26. The molecule has 3 amide bonds. The van der Waals surface area contributed by atoms with Gasteiger partial charge in [-0.2, -0.15) is 0 Å². The summed E-state index contributed by atoms with van der Waals surface area (Å²) in [5, 5.41) is 23.4. The van der Waals surface area contributed by atoms with Crippen LogP contribution < -0.4 is 16.4 Å². The number of amides is 3. The van der Waals surface area contributed by atoms with Crippen LogP contribution in [0.2, 0.25) is 0 Å².